The summed E-state index contributed by atoms with van der Waals surface area (Å²) in [6.07, 6.45) is -4.46. The van der Waals surface area contributed by atoms with Gasteiger partial charge >= 0.3 is 6.18 Å². The molecule has 0 aliphatic rings. The number of aliphatic hydroxyl groups is 1. The lowest BCUT2D eigenvalue weighted by Gasteiger charge is -2.13. The molecular weight excluding hydrogens is 209 g/mol. The molecule has 1 aromatic rings. The molecule has 0 radical (unpaired) electrons. The van der Waals surface area contributed by atoms with E-state index in [0.717, 1.165) is 12.1 Å². The number of benzene rings is 1. The third-order valence-electron chi connectivity index (χ3n) is 1.93. The van der Waals surface area contributed by atoms with E-state index in [4.69, 9.17) is 16.6 Å². The maximum Gasteiger partial charge on any atom is 0.416 e. The van der Waals surface area contributed by atoms with Crippen molar-refractivity contribution < 1.29 is 18.3 Å². The third kappa shape index (κ3) is 2.84. The summed E-state index contributed by atoms with van der Waals surface area (Å²) in [6, 6.07) is 2.18. The highest BCUT2D eigenvalue weighted by molar-refractivity contribution is 5.46. The average molecular weight is 220 g/mol. The quantitative estimate of drug-likeness (QED) is 0.657. The molecule has 0 bridgehead atoms. The number of nitrogen functional groups attached to an aromatic ring is 1. The zero-order valence-corrected chi connectivity index (χ0v) is 7.75. The molecule has 1 rings (SSSR count). The Balaban J connectivity index is 3.17. The lowest BCUT2D eigenvalue weighted by Crippen LogP contribution is -2.16. The fourth-order valence-electron chi connectivity index (χ4n) is 1.16. The number of nitrogens with two attached hydrogens (primary N) is 2. The van der Waals surface area contributed by atoms with Gasteiger partial charge in [-0.15, -0.1) is 0 Å². The average Bonchev–Trinajstić information content (AvgIpc) is 2.14. The first-order chi connectivity index (χ1) is 6.84. The normalized spacial score (nSPS) is 13.9. The number of alkyl halides is 3. The number of aliphatic hydroxyl groups excluding tert-OH is 1. The molecule has 84 valence electrons. The van der Waals surface area contributed by atoms with E-state index in [0.29, 0.717) is 0 Å². The van der Waals surface area contributed by atoms with Gasteiger partial charge in [-0.3, -0.25) is 0 Å². The zero-order chi connectivity index (χ0) is 11.6. The van der Waals surface area contributed by atoms with Crippen molar-refractivity contribution in [3.8, 4) is 0 Å². The van der Waals surface area contributed by atoms with Gasteiger partial charge in [0.1, 0.15) is 0 Å². The molecule has 0 spiro atoms. The van der Waals surface area contributed by atoms with Crippen molar-refractivity contribution in [1.29, 1.82) is 0 Å². The molecule has 0 aliphatic carbocycles. The van der Waals surface area contributed by atoms with Crippen LogP contribution in [0.4, 0.5) is 18.9 Å². The molecular formula is C9H11F3N2O. The van der Waals surface area contributed by atoms with Crippen molar-refractivity contribution >= 4 is 5.69 Å². The summed E-state index contributed by atoms with van der Waals surface area (Å²) in [5.41, 5.74) is 10.0. The molecule has 0 saturated carbocycles. The van der Waals surface area contributed by atoms with Gasteiger partial charge in [-0.05, 0) is 23.8 Å². The number of hydrogen-bond donors (Lipinski definition) is 3. The van der Waals surface area contributed by atoms with Gasteiger partial charge in [0.15, 0.2) is 0 Å². The summed E-state index contributed by atoms with van der Waals surface area (Å²) in [5.74, 6) is 0. The predicted octanol–water partition coefficient (Wildman–Crippen LogP) is 1.28. The van der Waals surface area contributed by atoms with Crippen molar-refractivity contribution in [3.05, 3.63) is 29.3 Å². The smallest absolute Gasteiger partial charge is 0.399 e. The van der Waals surface area contributed by atoms with E-state index in [1.165, 1.54) is 6.07 Å². The Morgan fingerprint density at radius 2 is 1.87 bits per heavy atom. The highest BCUT2D eigenvalue weighted by Gasteiger charge is 2.31. The third-order valence-corrected chi connectivity index (χ3v) is 1.93. The fourth-order valence-corrected chi connectivity index (χ4v) is 1.16. The van der Waals surface area contributed by atoms with Crippen LogP contribution in [0.1, 0.15) is 17.2 Å². The monoisotopic (exact) mass is 220 g/mol. The largest absolute Gasteiger partial charge is 0.416 e. The van der Waals surface area contributed by atoms with Gasteiger partial charge in [0, 0.05) is 5.69 Å². The first-order valence-electron chi connectivity index (χ1n) is 4.18. The van der Waals surface area contributed by atoms with Crippen LogP contribution < -0.4 is 11.5 Å². The van der Waals surface area contributed by atoms with Gasteiger partial charge in [0.05, 0.1) is 18.2 Å². The first-order valence-corrected chi connectivity index (χ1v) is 4.18. The van der Waals surface area contributed by atoms with Crippen molar-refractivity contribution in [2.75, 3.05) is 12.3 Å². The van der Waals surface area contributed by atoms with Crippen LogP contribution in [0.5, 0.6) is 0 Å². The van der Waals surface area contributed by atoms with E-state index in [2.05, 4.69) is 0 Å². The molecule has 1 aromatic carbocycles. The minimum absolute atomic E-state index is 0.0243. The summed E-state index contributed by atoms with van der Waals surface area (Å²) < 4.78 is 37.1. The van der Waals surface area contributed by atoms with Crippen LogP contribution in [0.2, 0.25) is 0 Å². The highest BCUT2D eigenvalue weighted by atomic mass is 19.4. The summed E-state index contributed by atoms with van der Waals surface area (Å²) in [4.78, 5) is 0. The number of anilines is 1. The summed E-state index contributed by atoms with van der Waals surface area (Å²) in [7, 11) is 0. The molecule has 1 atom stereocenters. The zero-order valence-electron chi connectivity index (χ0n) is 7.75. The molecule has 6 heteroatoms. The molecule has 15 heavy (non-hydrogen) atoms. The number of hydrogen-bond acceptors (Lipinski definition) is 3. The number of halogens is 3. The van der Waals surface area contributed by atoms with Gasteiger partial charge in [-0.25, -0.2) is 0 Å². The molecule has 0 unspecified atom stereocenters. The summed E-state index contributed by atoms with van der Waals surface area (Å²) in [6.45, 7) is -0.430. The maximum atomic E-state index is 12.4. The summed E-state index contributed by atoms with van der Waals surface area (Å²) in [5, 5.41) is 8.73. The van der Waals surface area contributed by atoms with E-state index in [9.17, 15) is 13.2 Å². The molecule has 5 N–H and O–H groups in total. The van der Waals surface area contributed by atoms with Gasteiger partial charge < -0.3 is 16.6 Å². The van der Waals surface area contributed by atoms with Crippen LogP contribution in [0.15, 0.2) is 18.2 Å². The molecule has 3 nitrogen and oxygen atoms in total. The van der Waals surface area contributed by atoms with Crippen LogP contribution in [0.3, 0.4) is 0 Å². The highest BCUT2D eigenvalue weighted by Crippen LogP contribution is 2.32. The first kappa shape index (κ1) is 11.8. The molecule has 0 aliphatic heterocycles. The van der Waals surface area contributed by atoms with E-state index in [1.807, 2.05) is 0 Å². The van der Waals surface area contributed by atoms with Crippen LogP contribution >= 0.6 is 0 Å². The van der Waals surface area contributed by atoms with Crippen LogP contribution in [0.25, 0.3) is 0 Å². The van der Waals surface area contributed by atoms with Gasteiger partial charge in [0.2, 0.25) is 0 Å². The second-order valence-electron chi connectivity index (χ2n) is 3.18. The second-order valence-corrected chi connectivity index (χ2v) is 3.18. The van der Waals surface area contributed by atoms with Crippen molar-refractivity contribution in [3.63, 3.8) is 0 Å². The SMILES string of the molecule is Nc1cc([C@H](N)CO)cc(C(F)(F)F)c1. The Bertz CT molecular complexity index is 352. The molecule has 0 fully saturated rings. The lowest BCUT2D eigenvalue weighted by atomic mass is 10.0. The minimum atomic E-state index is -4.46. The Hall–Kier alpha value is -1.27. The Morgan fingerprint density at radius 3 is 2.33 bits per heavy atom. The van der Waals surface area contributed by atoms with Gasteiger partial charge in [0.25, 0.3) is 0 Å². The van der Waals surface area contributed by atoms with Crippen molar-refractivity contribution in [2.24, 2.45) is 5.73 Å². The van der Waals surface area contributed by atoms with E-state index >= 15 is 0 Å². The van der Waals surface area contributed by atoms with Gasteiger partial charge in [-0.2, -0.15) is 13.2 Å². The standard InChI is InChI=1S/C9H11F3N2O/c10-9(11,12)6-1-5(8(14)4-15)2-7(13)3-6/h1-3,8,15H,4,13-14H2/t8-/m1/s1. The van der Waals surface area contributed by atoms with Gasteiger partial charge in [-0.1, -0.05) is 0 Å². The van der Waals surface area contributed by atoms with Crippen molar-refractivity contribution in [2.45, 2.75) is 12.2 Å². The Morgan fingerprint density at radius 1 is 1.27 bits per heavy atom. The topological polar surface area (TPSA) is 72.3 Å². The van der Waals surface area contributed by atoms with Crippen LogP contribution in [-0.4, -0.2) is 11.7 Å². The van der Waals surface area contributed by atoms with Crippen molar-refractivity contribution in [1.82, 2.24) is 0 Å². The maximum absolute atomic E-state index is 12.4. The Labute approximate surface area is 84.5 Å². The number of rotatable bonds is 2. The van der Waals surface area contributed by atoms with Crippen LogP contribution in [-0.2, 0) is 6.18 Å². The molecule has 0 aromatic heterocycles. The minimum Gasteiger partial charge on any atom is -0.399 e. The molecule has 0 amide bonds. The lowest BCUT2D eigenvalue weighted by molar-refractivity contribution is -0.137. The van der Waals surface area contributed by atoms with E-state index < -0.39 is 24.4 Å². The molecule has 0 heterocycles. The van der Waals surface area contributed by atoms with E-state index in [1.54, 1.807) is 0 Å². The fraction of sp³-hybridized carbons (Fsp3) is 0.333. The molecule has 0 saturated heterocycles. The Kier molecular flexibility index (Phi) is 3.21. The van der Waals surface area contributed by atoms with Crippen LogP contribution in [0, 0.1) is 0 Å². The second kappa shape index (κ2) is 4.08. The van der Waals surface area contributed by atoms with E-state index in [-0.39, 0.29) is 11.3 Å². The summed E-state index contributed by atoms with van der Waals surface area (Å²) >= 11 is 0. The predicted molar refractivity (Wildman–Crippen MR) is 49.9 cm³/mol.